The van der Waals surface area contributed by atoms with E-state index in [1.807, 2.05) is 32.0 Å². The van der Waals surface area contributed by atoms with Crippen LogP contribution in [-0.2, 0) is 9.59 Å². The minimum absolute atomic E-state index is 0.211. The van der Waals surface area contributed by atoms with Gasteiger partial charge in [0.05, 0.1) is 0 Å². The number of nitrogens with one attached hydrogen (secondary N) is 2. The molecule has 0 aliphatic carbocycles. The molecule has 2 amide bonds. The summed E-state index contributed by atoms with van der Waals surface area (Å²) in [7, 11) is 0. The summed E-state index contributed by atoms with van der Waals surface area (Å²) < 4.78 is 10.9. The number of hydrogen-bond acceptors (Lipinski definition) is 4. The number of aryl methyl sites for hydroxylation is 2. The quantitative estimate of drug-likeness (QED) is 0.760. The second kappa shape index (κ2) is 9.10. The van der Waals surface area contributed by atoms with Gasteiger partial charge in [0.25, 0.3) is 11.8 Å². The highest BCUT2D eigenvalue weighted by Crippen LogP contribution is 2.19. The van der Waals surface area contributed by atoms with Crippen molar-refractivity contribution in [1.82, 2.24) is 10.9 Å². The fourth-order valence-corrected chi connectivity index (χ4v) is 2.17. The van der Waals surface area contributed by atoms with Gasteiger partial charge in [-0.2, -0.15) is 0 Å². The second-order valence-corrected chi connectivity index (χ2v) is 6.25. The summed E-state index contributed by atoms with van der Waals surface area (Å²) in [5, 5.41) is 0.575. The van der Waals surface area contributed by atoms with Crippen molar-refractivity contribution in [2.24, 2.45) is 0 Å². The molecule has 0 aliphatic rings. The highest BCUT2D eigenvalue weighted by Gasteiger charge is 2.15. The van der Waals surface area contributed by atoms with Crippen LogP contribution in [0, 0.1) is 13.8 Å². The first-order valence-electron chi connectivity index (χ1n) is 8.06. The number of carbonyl (C=O) groups is 2. The SMILES string of the molecule is Cc1ccc(C)c(OCC(=O)NNC(=O)C(C)Oc2ccc(Cl)cc2)c1. The van der Waals surface area contributed by atoms with Crippen LogP contribution in [0.1, 0.15) is 18.1 Å². The van der Waals surface area contributed by atoms with Crippen LogP contribution in [0.4, 0.5) is 0 Å². The Morgan fingerprint density at radius 3 is 2.46 bits per heavy atom. The minimum atomic E-state index is -0.795. The van der Waals surface area contributed by atoms with E-state index in [9.17, 15) is 9.59 Å². The van der Waals surface area contributed by atoms with E-state index in [-0.39, 0.29) is 6.61 Å². The Hall–Kier alpha value is -2.73. The normalized spacial score (nSPS) is 11.4. The Morgan fingerprint density at radius 1 is 1.08 bits per heavy atom. The maximum Gasteiger partial charge on any atom is 0.279 e. The van der Waals surface area contributed by atoms with E-state index < -0.39 is 17.9 Å². The molecule has 6 nitrogen and oxygen atoms in total. The van der Waals surface area contributed by atoms with Crippen molar-refractivity contribution in [2.75, 3.05) is 6.61 Å². The summed E-state index contributed by atoms with van der Waals surface area (Å²) in [6.45, 7) is 5.19. The van der Waals surface area contributed by atoms with Gasteiger partial charge in [0, 0.05) is 5.02 Å². The van der Waals surface area contributed by atoms with Gasteiger partial charge in [-0.15, -0.1) is 0 Å². The first kappa shape index (κ1) is 19.6. The number of carbonyl (C=O) groups excluding carboxylic acids is 2. The smallest absolute Gasteiger partial charge is 0.279 e. The van der Waals surface area contributed by atoms with E-state index >= 15 is 0 Å². The number of rotatable bonds is 6. The first-order chi connectivity index (χ1) is 12.3. The third kappa shape index (κ3) is 5.97. The van der Waals surface area contributed by atoms with Crippen LogP contribution in [0.15, 0.2) is 42.5 Å². The molecule has 1 atom stereocenters. The molecule has 2 aromatic rings. The standard InChI is InChI=1S/C19H21ClN2O4/c1-12-4-5-13(2)17(10-12)25-11-18(23)21-22-19(24)14(3)26-16-8-6-15(20)7-9-16/h4-10,14H,11H2,1-3H3,(H,21,23)(H,22,24). The number of ether oxygens (including phenoxy) is 2. The van der Waals surface area contributed by atoms with Crippen LogP contribution >= 0.6 is 11.6 Å². The van der Waals surface area contributed by atoms with Crippen LogP contribution in [0.3, 0.4) is 0 Å². The van der Waals surface area contributed by atoms with Crippen LogP contribution in [0.25, 0.3) is 0 Å². The van der Waals surface area contributed by atoms with E-state index in [4.69, 9.17) is 21.1 Å². The third-order valence-electron chi connectivity index (χ3n) is 3.52. The van der Waals surface area contributed by atoms with Crippen LogP contribution < -0.4 is 20.3 Å². The minimum Gasteiger partial charge on any atom is -0.483 e. The average molecular weight is 377 g/mol. The predicted molar refractivity (Wildman–Crippen MR) is 99.2 cm³/mol. The van der Waals surface area contributed by atoms with Crippen molar-refractivity contribution in [3.63, 3.8) is 0 Å². The molecule has 138 valence electrons. The molecule has 1 unspecified atom stereocenters. The fraction of sp³-hybridized carbons (Fsp3) is 0.263. The highest BCUT2D eigenvalue weighted by atomic mass is 35.5. The van der Waals surface area contributed by atoms with Gasteiger partial charge in [-0.3, -0.25) is 20.4 Å². The zero-order valence-electron chi connectivity index (χ0n) is 14.8. The Bertz CT molecular complexity index is 778. The zero-order chi connectivity index (χ0) is 19.1. The van der Waals surface area contributed by atoms with Gasteiger partial charge in [0.1, 0.15) is 11.5 Å². The van der Waals surface area contributed by atoms with Gasteiger partial charge in [0.2, 0.25) is 0 Å². The monoisotopic (exact) mass is 376 g/mol. The second-order valence-electron chi connectivity index (χ2n) is 5.81. The summed E-state index contributed by atoms with van der Waals surface area (Å²) >= 11 is 5.79. The lowest BCUT2D eigenvalue weighted by molar-refractivity contribution is -0.133. The molecule has 0 fully saturated rings. The predicted octanol–water partition coefficient (Wildman–Crippen LogP) is 2.95. The van der Waals surface area contributed by atoms with Gasteiger partial charge in [-0.1, -0.05) is 23.7 Å². The number of hydrazine groups is 1. The molecule has 7 heteroatoms. The van der Waals surface area contributed by atoms with Crippen molar-refractivity contribution < 1.29 is 19.1 Å². The molecule has 0 heterocycles. The largest absolute Gasteiger partial charge is 0.483 e. The first-order valence-corrected chi connectivity index (χ1v) is 8.44. The average Bonchev–Trinajstić information content (AvgIpc) is 2.62. The lowest BCUT2D eigenvalue weighted by Gasteiger charge is -2.15. The topological polar surface area (TPSA) is 76.7 Å². The van der Waals surface area contributed by atoms with E-state index in [0.29, 0.717) is 16.5 Å². The van der Waals surface area contributed by atoms with Crippen molar-refractivity contribution in [2.45, 2.75) is 26.9 Å². The van der Waals surface area contributed by atoms with E-state index in [2.05, 4.69) is 10.9 Å². The van der Waals surface area contributed by atoms with Gasteiger partial charge >= 0.3 is 0 Å². The summed E-state index contributed by atoms with van der Waals surface area (Å²) in [4.78, 5) is 23.8. The van der Waals surface area contributed by atoms with Gasteiger partial charge in [-0.05, 0) is 62.2 Å². The van der Waals surface area contributed by atoms with Crippen molar-refractivity contribution >= 4 is 23.4 Å². The van der Waals surface area contributed by atoms with Crippen LogP contribution in [0.2, 0.25) is 5.02 Å². The molecule has 2 aromatic carbocycles. The number of benzene rings is 2. The Labute approximate surface area is 157 Å². The molecule has 2 rings (SSSR count). The van der Waals surface area contributed by atoms with E-state index in [1.54, 1.807) is 31.2 Å². The number of amides is 2. The maximum absolute atomic E-state index is 12.0. The molecule has 2 N–H and O–H groups in total. The lowest BCUT2D eigenvalue weighted by atomic mass is 10.1. The van der Waals surface area contributed by atoms with Gasteiger partial charge < -0.3 is 9.47 Å². The summed E-state index contributed by atoms with van der Waals surface area (Å²) in [6, 6.07) is 12.4. The molecular weight excluding hydrogens is 356 g/mol. The zero-order valence-corrected chi connectivity index (χ0v) is 15.6. The van der Waals surface area contributed by atoms with E-state index in [0.717, 1.165) is 11.1 Å². The molecule has 0 aromatic heterocycles. The van der Waals surface area contributed by atoms with Crippen molar-refractivity contribution in [3.05, 3.63) is 58.6 Å². The Morgan fingerprint density at radius 2 is 1.77 bits per heavy atom. The van der Waals surface area contributed by atoms with Crippen LogP contribution in [-0.4, -0.2) is 24.5 Å². The van der Waals surface area contributed by atoms with Crippen molar-refractivity contribution in [3.8, 4) is 11.5 Å². The summed E-state index contributed by atoms with van der Waals surface area (Å²) in [5.41, 5.74) is 6.57. The lowest BCUT2D eigenvalue weighted by Crippen LogP contribution is -2.48. The molecule has 0 aliphatic heterocycles. The molecule has 0 saturated carbocycles. The molecule has 0 bridgehead atoms. The number of hydrogen-bond donors (Lipinski definition) is 2. The molecule has 26 heavy (non-hydrogen) atoms. The highest BCUT2D eigenvalue weighted by molar-refractivity contribution is 6.30. The fourth-order valence-electron chi connectivity index (χ4n) is 2.05. The Kier molecular flexibility index (Phi) is 6.86. The number of halogens is 1. The van der Waals surface area contributed by atoms with Crippen molar-refractivity contribution in [1.29, 1.82) is 0 Å². The summed E-state index contributed by atoms with van der Waals surface area (Å²) in [6.07, 6.45) is -0.795. The van der Waals surface area contributed by atoms with Gasteiger partial charge in [-0.25, -0.2) is 0 Å². The Balaban J connectivity index is 1.76. The van der Waals surface area contributed by atoms with E-state index in [1.165, 1.54) is 0 Å². The summed E-state index contributed by atoms with van der Waals surface area (Å²) in [5.74, 6) is 0.172. The maximum atomic E-state index is 12.0. The third-order valence-corrected chi connectivity index (χ3v) is 3.78. The molecular formula is C19H21ClN2O4. The molecule has 0 radical (unpaired) electrons. The van der Waals surface area contributed by atoms with Crippen LogP contribution in [0.5, 0.6) is 11.5 Å². The molecule has 0 spiro atoms. The molecule has 0 saturated heterocycles. The van der Waals surface area contributed by atoms with Gasteiger partial charge in [0.15, 0.2) is 12.7 Å².